The van der Waals surface area contributed by atoms with E-state index in [2.05, 4.69) is 23.8 Å². The largest absolute Gasteiger partial charge is 0.465 e. The van der Waals surface area contributed by atoms with Crippen molar-refractivity contribution in [2.75, 3.05) is 30.8 Å². The summed E-state index contributed by atoms with van der Waals surface area (Å²) in [6, 6.07) is 0. The number of carbonyl (C=O) groups excluding carboxylic acids is 1. The van der Waals surface area contributed by atoms with E-state index in [0.717, 1.165) is 51.2 Å². The number of hydrogen-bond acceptors (Lipinski definition) is 5. The Balaban J connectivity index is 2.31. The number of rotatable bonds is 5. The Bertz CT molecular complexity index is 490. The van der Waals surface area contributed by atoms with Crippen molar-refractivity contribution in [1.29, 1.82) is 0 Å². The predicted octanol–water partition coefficient (Wildman–Crippen LogP) is 2.29. The number of ether oxygens (including phenoxy) is 1. The number of aromatic nitrogens is 2. The lowest BCUT2D eigenvalue weighted by Crippen LogP contribution is -2.34. The van der Waals surface area contributed by atoms with E-state index in [9.17, 15) is 4.79 Å². The quantitative estimate of drug-likeness (QED) is 0.843. The SMILES string of the molecule is CCCCn1nc(N2CCC(C)CC2)c(C(=O)OC)c1N. The van der Waals surface area contributed by atoms with Gasteiger partial charge in [-0.15, -0.1) is 0 Å². The second-order valence-corrected chi connectivity index (χ2v) is 5.82. The summed E-state index contributed by atoms with van der Waals surface area (Å²) in [6.45, 7) is 6.93. The average molecular weight is 294 g/mol. The zero-order valence-corrected chi connectivity index (χ0v) is 13.3. The maximum Gasteiger partial charge on any atom is 0.345 e. The van der Waals surface area contributed by atoms with Crippen LogP contribution in [-0.2, 0) is 11.3 Å². The molecule has 0 aliphatic carbocycles. The first-order chi connectivity index (χ1) is 10.1. The summed E-state index contributed by atoms with van der Waals surface area (Å²) in [5, 5.41) is 4.58. The molecule has 0 spiro atoms. The highest BCUT2D eigenvalue weighted by molar-refractivity contribution is 5.99. The monoisotopic (exact) mass is 294 g/mol. The lowest BCUT2D eigenvalue weighted by Gasteiger charge is -2.30. The van der Waals surface area contributed by atoms with Gasteiger partial charge in [0, 0.05) is 19.6 Å². The van der Waals surface area contributed by atoms with Crippen LogP contribution >= 0.6 is 0 Å². The third-order valence-corrected chi connectivity index (χ3v) is 4.17. The lowest BCUT2D eigenvalue weighted by molar-refractivity contribution is 0.0602. The molecule has 1 saturated heterocycles. The highest BCUT2D eigenvalue weighted by Gasteiger charge is 2.28. The number of aryl methyl sites for hydroxylation is 1. The summed E-state index contributed by atoms with van der Waals surface area (Å²) in [5.74, 6) is 1.43. The highest BCUT2D eigenvalue weighted by atomic mass is 16.5. The highest BCUT2D eigenvalue weighted by Crippen LogP contribution is 2.29. The zero-order valence-electron chi connectivity index (χ0n) is 13.3. The van der Waals surface area contributed by atoms with Gasteiger partial charge in [0.2, 0.25) is 0 Å². The fourth-order valence-corrected chi connectivity index (χ4v) is 2.68. The van der Waals surface area contributed by atoms with Gasteiger partial charge in [-0.1, -0.05) is 20.3 Å². The first-order valence-electron chi connectivity index (χ1n) is 7.78. The van der Waals surface area contributed by atoms with Crippen molar-refractivity contribution in [1.82, 2.24) is 9.78 Å². The summed E-state index contributed by atoms with van der Waals surface area (Å²) in [5.41, 5.74) is 6.55. The maximum absolute atomic E-state index is 12.1. The zero-order chi connectivity index (χ0) is 15.4. The smallest absolute Gasteiger partial charge is 0.345 e. The van der Waals surface area contributed by atoms with Gasteiger partial charge in [0.1, 0.15) is 11.4 Å². The predicted molar refractivity (Wildman–Crippen MR) is 83.5 cm³/mol. The number of hydrogen-bond donors (Lipinski definition) is 1. The van der Waals surface area contributed by atoms with Crippen LogP contribution in [0.4, 0.5) is 11.6 Å². The molecule has 6 nitrogen and oxygen atoms in total. The third-order valence-electron chi connectivity index (χ3n) is 4.17. The fourth-order valence-electron chi connectivity index (χ4n) is 2.68. The molecule has 0 atom stereocenters. The Labute approximate surface area is 126 Å². The fraction of sp³-hybridized carbons (Fsp3) is 0.733. The number of methoxy groups -OCH3 is 1. The van der Waals surface area contributed by atoms with E-state index in [1.807, 2.05) is 0 Å². The van der Waals surface area contributed by atoms with Crippen LogP contribution in [0.15, 0.2) is 0 Å². The van der Waals surface area contributed by atoms with Gasteiger partial charge in [-0.2, -0.15) is 5.10 Å². The Kier molecular flexibility index (Phi) is 5.09. The molecule has 2 heterocycles. The van der Waals surface area contributed by atoms with E-state index in [1.54, 1.807) is 4.68 Å². The summed E-state index contributed by atoms with van der Waals surface area (Å²) < 4.78 is 6.63. The Morgan fingerprint density at radius 3 is 2.67 bits per heavy atom. The number of nitrogens with two attached hydrogens (primary N) is 1. The molecule has 118 valence electrons. The molecule has 0 saturated carbocycles. The molecule has 1 fully saturated rings. The first-order valence-corrected chi connectivity index (χ1v) is 7.78. The van der Waals surface area contributed by atoms with Gasteiger partial charge in [0.25, 0.3) is 0 Å². The molecule has 0 amide bonds. The van der Waals surface area contributed by atoms with E-state index in [1.165, 1.54) is 7.11 Å². The molecule has 1 aromatic rings. The summed E-state index contributed by atoms with van der Waals surface area (Å²) in [4.78, 5) is 14.2. The van der Waals surface area contributed by atoms with Crippen LogP contribution in [0.25, 0.3) is 0 Å². The summed E-state index contributed by atoms with van der Waals surface area (Å²) >= 11 is 0. The van der Waals surface area contributed by atoms with Crippen molar-refractivity contribution < 1.29 is 9.53 Å². The normalized spacial score (nSPS) is 16.2. The number of piperidine rings is 1. The van der Waals surface area contributed by atoms with Gasteiger partial charge in [0.15, 0.2) is 5.82 Å². The Hall–Kier alpha value is -1.72. The molecule has 1 aliphatic rings. The molecular weight excluding hydrogens is 268 g/mol. The number of carbonyl (C=O) groups is 1. The topological polar surface area (TPSA) is 73.4 Å². The van der Waals surface area contributed by atoms with E-state index in [4.69, 9.17) is 10.5 Å². The second kappa shape index (κ2) is 6.83. The number of nitrogens with zero attached hydrogens (tertiary/aromatic N) is 3. The first kappa shape index (κ1) is 15.7. The van der Waals surface area contributed by atoms with Crippen LogP contribution < -0.4 is 10.6 Å². The Morgan fingerprint density at radius 2 is 2.10 bits per heavy atom. The van der Waals surface area contributed by atoms with Gasteiger partial charge < -0.3 is 15.4 Å². The van der Waals surface area contributed by atoms with Gasteiger partial charge in [-0.3, -0.25) is 0 Å². The van der Waals surface area contributed by atoms with Crippen molar-refractivity contribution in [3.05, 3.63) is 5.56 Å². The summed E-state index contributed by atoms with van der Waals surface area (Å²) in [7, 11) is 1.38. The number of nitrogen functional groups attached to an aromatic ring is 1. The number of esters is 1. The van der Waals surface area contributed by atoms with Crippen molar-refractivity contribution in [3.8, 4) is 0 Å². The van der Waals surface area contributed by atoms with E-state index >= 15 is 0 Å². The number of unbranched alkanes of at least 4 members (excludes halogenated alkanes) is 1. The average Bonchev–Trinajstić information content (AvgIpc) is 2.82. The molecule has 1 aliphatic heterocycles. The van der Waals surface area contributed by atoms with Crippen LogP contribution in [-0.4, -0.2) is 35.9 Å². The van der Waals surface area contributed by atoms with E-state index in [-0.39, 0.29) is 0 Å². The van der Waals surface area contributed by atoms with Crippen LogP contribution in [0.2, 0.25) is 0 Å². The molecule has 0 bridgehead atoms. The van der Waals surface area contributed by atoms with Gasteiger partial charge in [-0.25, -0.2) is 9.48 Å². The Morgan fingerprint density at radius 1 is 1.43 bits per heavy atom. The minimum Gasteiger partial charge on any atom is -0.465 e. The third kappa shape index (κ3) is 3.31. The van der Waals surface area contributed by atoms with Crippen LogP contribution in [0.1, 0.15) is 49.9 Å². The molecular formula is C15H26N4O2. The molecule has 0 aromatic carbocycles. The molecule has 6 heteroatoms. The van der Waals surface area contributed by atoms with Crippen LogP contribution in [0.5, 0.6) is 0 Å². The van der Waals surface area contributed by atoms with Crippen molar-refractivity contribution >= 4 is 17.6 Å². The molecule has 21 heavy (non-hydrogen) atoms. The van der Waals surface area contributed by atoms with Gasteiger partial charge >= 0.3 is 5.97 Å². The van der Waals surface area contributed by atoms with Crippen molar-refractivity contribution in [2.24, 2.45) is 5.92 Å². The van der Waals surface area contributed by atoms with Crippen LogP contribution in [0, 0.1) is 5.92 Å². The van der Waals surface area contributed by atoms with E-state index < -0.39 is 5.97 Å². The number of anilines is 2. The van der Waals surface area contributed by atoms with Crippen molar-refractivity contribution in [3.63, 3.8) is 0 Å². The van der Waals surface area contributed by atoms with E-state index in [0.29, 0.717) is 17.2 Å². The minimum absolute atomic E-state index is 0.399. The molecule has 1 aromatic heterocycles. The molecule has 2 N–H and O–H groups in total. The molecule has 0 unspecified atom stereocenters. The molecule has 0 radical (unpaired) electrons. The standard InChI is InChI=1S/C15H26N4O2/c1-4-5-8-19-13(16)12(15(20)21-3)14(17-19)18-9-6-11(2)7-10-18/h11H,4-10,16H2,1-3H3. The lowest BCUT2D eigenvalue weighted by atomic mass is 9.99. The maximum atomic E-state index is 12.1. The molecule has 2 rings (SSSR count). The van der Waals surface area contributed by atoms with Crippen molar-refractivity contribution in [2.45, 2.75) is 46.1 Å². The summed E-state index contributed by atoms with van der Waals surface area (Å²) in [6.07, 6.45) is 4.27. The second-order valence-electron chi connectivity index (χ2n) is 5.82. The van der Waals surface area contributed by atoms with Crippen LogP contribution in [0.3, 0.4) is 0 Å². The van der Waals surface area contributed by atoms with Gasteiger partial charge in [0.05, 0.1) is 7.11 Å². The van der Waals surface area contributed by atoms with Gasteiger partial charge in [-0.05, 0) is 25.2 Å². The minimum atomic E-state index is -0.399.